The van der Waals surface area contributed by atoms with Gasteiger partial charge in [0.1, 0.15) is 5.78 Å². The molecular formula is C16H22O3. The monoisotopic (exact) mass is 262 g/mol. The maximum absolute atomic E-state index is 11.2. The molecule has 104 valence electrons. The van der Waals surface area contributed by atoms with Crippen LogP contribution in [0.3, 0.4) is 0 Å². The van der Waals surface area contributed by atoms with Crippen molar-refractivity contribution in [3.05, 3.63) is 35.9 Å². The molecular weight excluding hydrogens is 240 g/mol. The fraction of sp³-hybridized carbons (Fsp3) is 0.562. The SMILES string of the molecule is CC(=O)C[C@H]1CC[C@@H](O)C1COCc1ccccc1. The van der Waals surface area contributed by atoms with E-state index in [0.29, 0.717) is 19.6 Å². The maximum atomic E-state index is 11.2. The molecule has 1 aromatic carbocycles. The van der Waals surface area contributed by atoms with E-state index in [-0.39, 0.29) is 23.7 Å². The van der Waals surface area contributed by atoms with Gasteiger partial charge >= 0.3 is 0 Å². The fourth-order valence-corrected chi connectivity index (χ4v) is 2.88. The second-order valence-electron chi connectivity index (χ2n) is 5.48. The topological polar surface area (TPSA) is 46.5 Å². The van der Waals surface area contributed by atoms with E-state index in [1.165, 1.54) is 0 Å². The Hall–Kier alpha value is -1.19. The fourth-order valence-electron chi connectivity index (χ4n) is 2.88. The van der Waals surface area contributed by atoms with E-state index in [0.717, 1.165) is 18.4 Å². The molecule has 0 aromatic heterocycles. The number of carbonyl (C=O) groups excluding carboxylic acids is 1. The molecule has 0 spiro atoms. The number of Topliss-reactive ketones (excluding diaryl/α,β-unsaturated/α-hetero) is 1. The standard InChI is InChI=1S/C16H22O3/c1-12(17)9-14-7-8-16(18)15(14)11-19-10-13-5-3-2-4-6-13/h2-6,14-16,18H,7-11H2,1H3/t14-,15?,16-/m1/s1. The zero-order chi connectivity index (χ0) is 13.7. The minimum absolute atomic E-state index is 0.104. The third-order valence-corrected chi connectivity index (χ3v) is 3.90. The number of hydrogen-bond donors (Lipinski definition) is 1. The molecule has 3 heteroatoms. The molecule has 1 aliphatic rings. The Labute approximate surface area is 114 Å². The van der Waals surface area contributed by atoms with E-state index in [1.54, 1.807) is 6.92 Å². The molecule has 0 bridgehead atoms. The van der Waals surface area contributed by atoms with Crippen LogP contribution in [0.15, 0.2) is 30.3 Å². The Balaban J connectivity index is 1.81. The van der Waals surface area contributed by atoms with Crippen LogP contribution >= 0.6 is 0 Å². The van der Waals surface area contributed by atoms with Gasteiger partial charge in [0, 0.05) is 12.3 Å². The number of hydrogen-bond acceptors (Lipinski definition) is 3. The molecule has 19 heavy (non-hydrogen) atoms. The zero-order valence-electron chi connectivity index (χ0n) is 11.4. The number of aliphatic hydroxyl groups excluding tert-OH is 1. The first-order valence-electron chi connectivity index (χ1n) is 6.96. The van der Waals surface area contributed by atoms with Crippen molar-refractivity contribution in [2.45, 2.75) is 38.9 Å². The molecule has 1 N–H and O–H groups in total. The van der Waals surface area contributed by atoms with Gasteiger partial charge in [-0.05, 0) is 31.2 Å². The second-order valence-corrected chi connectivity index (χ2v) is 5.48. The number of benzene rings is 1. The van der Waals surface area contributed by atoms with Crippen LogP contribution in [0.5, 0.6) is 0 Å². The van der Waals surface area contributed by atoms with Gasteiger partial charge in [-0.25, -0.2) is 0 Å². The summed E-state index contributed by atoms with van der Waals surface area (Å²) < 4.78 is 5.71. The first-order valence-corrected chi connectivity index (χ1v) is 6.96. The number of ether oxygens (including phenoxy) is 1. The van der Waals surface area contributed by atoms with Gasteiger partial charge in [0.15, 0.2) is 0 Å². The van der Waals surface area contributed by atoms with Crippen LogP contribution in [-0.2, 0) is 16.1 Å². The highest BCUT2D eigenvalue weighted by Crippen LogP contribution is 2.35. The zero-order valence-corrected chi connectivity index (χ0v) is 11.4. The highest BCUT2D eigenvalue weighted by atomic mass is 16.5. The first kappa shape index (κ1) is 14.2. The van der Waals surface area contributed by atoms with Crippen LogP contribution in [0, 0.1) is 11.8 Å². The van der Waals surface area contributed by atoms with Gasteiger partial charge in [-0.15, -0.1) is 0 Å². The highest BCUT2D eigenvalue weighted by Gasteiger charge is 2.35. The third-order valence-electron chi connectivity index (χ3n) is 3.90. The lowest BCUT2D eigenvalue weighted by atomic mass is 9.91. The van der Waals surface area contributed by atoms with Gasteiger partial charge in [0.25, 0.3) is 0 Å². The number of aliphatic hydroxyl groups is 1. The molecule has 1 unspecified atom stereocenters. The lowest BCUT2D eigenvalue weighted by Gasteiger charge is -2.21. The summed E-state index contributed by atoms with van der Waals surface area (Å²) in [5.74, 6) is 0.586. The molecule has 3 nitrogen and oxygen atoms in total. The van der Waals surface area contributed by atoms with Crippen molar-refractivity contribution in [3.63, 3.8) is 0 Å². The smallest absolute Gasteiger partial charge is 0.130 e. The third kappa shape index (κ3) is 4.15. The number of rotatable bonds is 6. The Kier molecular flexibility index (Phi) is 5.11. The molecule has 2 rings (SSSR count). The highest BCUT2D eigenvalue weighted by molar-refractivity contribution is 5.75. The first-order chi connectivity index (χ1) is 9.16. The Morgan fingerprint density at radius 1 is 1.32 bits per heavy atom. The Morgan fingerprint density at radius 3 is 2.74 bits per heavy atom. The van der Waals surface area contributed by atoms with Gasteiger partial charge in [0.2, 0.25) is 0 Å². The summed E-state index contributed by atoms with van der Waals surface area (Å²) >= 11 is 0. The number of carbonyl (C=O) groups is 1. The molecule has 1 saturated carbocycles. The van der Waals surface area contributed by atoms with Gasteiger partial charge in [-0.3, -0.25) is 0 Å². The molecule has 1 aromatic rings. The van der Waals surface area contributed by atoms with E-state index in [4.69, 9.17) is 4.74 Å². The molecule has 0 amide bonds. The van der Waals surface area contributed by atoms with Crippen molar-refractivity contribution >= 4 is 5.78 Å². The summed E-state index contributed by atoms with van der Waals surface area (Å²) in [4.78, 5) is 11.2. The largest absolute Gasteiger partial charge is 0.393 e. The average molecular weight is 262 g/mol. The Bertz CT molecular complexity index is 402. The summed E-state index contributed by atoms with van der Waals surface area (Å²) in [5, 5.41) is 9.98. The predicted molar refractivity (Wildman–Crippen MR) is 73.6 cm³/mol. The Morgan fingerprint density at radius 2 is 2.05 bits per heavy atom. The van der Waals surface area contributed by atoms with Crippen molar-refractivity contribution in [2.24, 2.45) is 11.8 Å². The summed E-state index contributed by atoms with van der Waals surface area (Å²) in [7, 11) is 0. The van der Waals surface area contributed by atoms with Crippen LogP contribution in [0.25, 0.3) is 0 Å². The van der Waals surface area contributed by atoms with E-state index >= 15 is 0 Å². The normalized spacial score (nSPS) is 26.5. The second kappa shape index (κ2) is 6.83. The molecule has 3 atom stereocenters. The van der Waals surface area contributed by atoms with Gasteiger partial charge in [-0.2, -0.15) is 0 Å². The molecule has 1 aliphatic carbocycles. The van der Waals surface area contributed by atoms with E-state index in [1.807, 2.05) is 30.3 Å². The van der Waals surface area contributed by atoms with Gasteiger partial charge in [-0.1, -0.05) is 30.3 Å². The van der Waals surface area contributed by atoms with Crippen LogP contribution in [-0.4, -0.2) is 23.6 Å². The van der Waals surface area contributed by atoms with Crippen molar-refractivity contribution < 1.29 is 14.6 Å². The van der Waals surface area contributed by atoms with Crippen molar-refractivity contribution in [2.75, 3.05) is 6.61 Å². The molecule has 0 radical (unpaired) electrons. The maximum Gasteiger partial charge on any atom is 0.130 e. The van der Waals surface area contributed by atoms with Crippen molar-refractivity contribution in [3.8, 4) is 0 Å². The van der Waals surface area contributed by atoms with Crippen molar-refractivity contribution in [1.29, 1.82) is 0 Å². The molecule has 0 heterocycles. The molecule has 0 saturated heterocycles. The predicted octanol–water partition coefficient (Wildman–Crippen LogP) is 2.57. The quantitative estimate of drug-likeness (QED) is 0.857. The number of ketones is 1. The van der Waals surface area contributed by atoms with Crippen LogP contribution in [0.4, 0.5) is 0 Å². The summed E-state index contributed by atoms with van der Waals surface area (Å²) in [6, 6.07) is 10.0. The molecule has 0 aliphatic heterocycles. The minimum Gasteiger partial charge on any atom is -0.393 e. The molecule has 1 fully saturated rings. The van der Waals surface area contributed by atoms with E-state index in [9.17, 15) is 9.90 Å². The summed E-state index contributed by atoms with van der Waals surface area (Å²) in [6.45, 7) is 2.72. The van der Waals surface area contributed by atoms with Crippen molar-refractivity contribution in [1.82, 2.24) is 0 Å². The van der Waals surface area contributed by atoms with Crippen LogP contribution in [0.1, 0.15) is 31.7 Å². The lowest BCUT2D eigenvalue weighted by molar-refractivity contribution is -0.118. The average Bonchev–Trinajstić information content (AvgIpc) is 2.72. The van der Waals surface area contributed by atoms with Gasteiger partial charge < -0.3 is 14.6 Å². The summed E-state index contributed by atoms with van der Waals surface area (Å²) in [5.41, 5.74) is 1.14. The van der Waals surface area contributed by atoms with E-state index in [2.05, 4.69) is 0 Å². The summed E-state index contributed by atoms with van der Waals surface area (Å²) in [6.07, 6.45) is 1.97. The minimum atomic E-state index is -0.319. The van der Waals surface area contributed by atoms with E-state index < -0.39 is 0 Å². The van der Waals surface area contributed by atoms with Gasteiger partial charge in [0.05, 0.1) is 19.3 Å². The van der Waals surface area contributed by atoms with Crippen LogP contribution in [0.2, 0.25) is 0 Å². The van der Waals surface area contributed by atoms with Crippen LogP contribution < -0.4 is 0 Å². The lowest BCUT2D eigenvalue weighted by Crippen LogP contribution is -2.25.